The second-order valence-corrected chi connectivity index (χ2v) is 6.88. The highest BCUT2D eigenvalue weighted by Crippen LogP contribution is 2.12. The summed E-state index contributed by atoms with van der Waals surface area (Å²) in [7, 11) is 0. The molecule has 7 nitrogen and oxygen atoms in total. The maximum atomic E-state index is 12.3. The third-order valence-corrected chi connectivity index (χ3v) is 4.93. The molecule has 2 atom stereocenters. The number of nitrogens with one attached hydrogen (secondary N) is 3. The number of benzene rings is 1. The number of ether oxygens (including phenoxy) is 1. The number of carbonyl (C=O) groups is 2. The molecule has 0 unspecified atom stereocenters. The van der Waals surface area contributed by atoms with E-state index in [1.54, 1.807) is 24.3 Å². The molecule has 0 radical (unpaired) electrons. The first-order valence-corrected chi connectivity index (χ1v) is 9.40. The first-order valence-electron chi connectivity index (χ1n) is 9.40. The van der Waals surface area contributed by atoms with E-state index >= 15 is 0 Å². The van der Waals surface area contributed by atoms with Crippen LogP contribution in [0.5, 0.6) is 0 Å². The highest BCUT2D eigenvalue weighted by atomic mass is 35.5. The van der Waals surface area contributed by atoms with Gasteiger partial charge in [0.15, 0.2) is 0 Å². The van der Waals surface area contributed by atoms with Gasteiger partial charge in [0.05, 0.1) is 12.7 Å². The predicted octanol–water partition coefficient (Wildman–Crippen LogP) is 1.67. The molecule has 2 saturated heterocycles. The number of rotatable bonds is 6. The lowest BCUT2D eigenvalue weighted by Crippen LogP contribution is -2.53. The largest absolute Gasteiger partial charge is 0.375 e. The van der Waals surface area contributed by atoms with Gasteiger partial charge in [-0.05, 0) is 57.1 Å². The van der Waals surface area contributed by atoms with E-state index in [9.17, 15) is 9.59 Å². The van der Waals surface area contributed by atoms with Gasteiger partial charge in [-0.1, -0.05) is 0 Å². The Morgan fingerprint density at radius 2 is 1.86 bits per heavy atom. The van der Waals surface area contributed by atoms with Gasteiger partial charge in [-0.15, -0.1) is 24.8 Å². The van der Waals surface area contributed by atoms with Crippen molar-refractivity contribution in [2.45, 2.75) is 31.9 Å². The van der Waals surface area contributed by atoms with Gasteiger partial charge in [0.2, 0.25) is 5.91 Å². The number of morpholine rings is 1. The summed E-state index contributed by atoms with van der Waals surface area (Å²) in [5.74, 6) is -0.210. The van der Waals surface area contributed by atoms with Crippen LogP contribution in [-0.4, -0.2) is 68.2 Å². The average Bonchev–Trinajstić information content (AvgIpc) is 3.16. The summed E-state index contributed by atoms with van der Waals surface area (Å²) >= 11 is 0. The van der Waals surface area contributed by atoms with Crippen LogP contribution < -0.4 is 16.0 Å². The summed E-state index contributed by atoms with van der Waals surface area (Å²) in [5.41, 5.74) is 1.26. The van der Waals surface area contributed by atoms with E-state index in [1.165, 1.54) is 12.8 Å². The van der Waals surface area contributed by atoms with Crippen molar-refractivity contribution < 1.29 is 14.3 Å². The van der Waals surface area contributed by atoms with Crippen LogP contribution in [0.1, 0.15) is 30.1 Å². The molecule has 1 aromatic rings. The number of hydrogen-bond donors (Lipinski definition) is 3. The van der Waals surface area contributed by atoms with Crippen molar-refractivity contribution in [3.63, 3.8) is 0 Å². The zero-order valence-electron chi connectivity index (χ0n) is 16.1. The number of anilines is 1. The summed E-state index contributed by atoms with van der Waals surface area (Å²) in [6, 6.07) is 6.60. The fraction of sp³-hybridized carbons (Fsp3) is 0.579. The number of amides is 2. The minimum absolute atomic E-state index is 0. The zero-order valence-corrected chi connectivity index (χ0v) is 17.7. The lowest BCUT2D eigenvalue weighted by atomic mass is 10.1. The number of halogens is 2. The number of likely N-dealkylation sites (tertiary alicyclic amines) is 1. The second-order valence-electron chi connectivity index (χ2n) is 6.88. The smallest absolute Gasteiger partial charge is 0.251 e. The molecule has 2 fully saturated rings. The predicted molar refractivity (Wildman–Crippen MR) is 115 cm³/mol. The molecular weight excluding hydrogens is 403 g/mol. The van der Waals surface area contributed by atoms with Crippen LogP contribution in [-0.2, 0) is 9.53 Å². The van der Waals surface area contributed by atoms with E-state index in [2.05, 4.69) is 20.9 Å². The van der Waals surface area contributed by atoms with Gasteiger partial charge in [-0.3, -0.25) is 9.59 Å². The molecule has 3 rings (SSSR count). The van der Waals surface area contributed by atoms with Crippen LogP contribution >= 0.6 is 24.8 Å². The first-order chi connectivity index (χ1) is 12.6. The number of carbonyl (C=O) groups excluding carboxylic acids is 2. The molecule has 3 N–H and O–H groups in total. The summed E-state index contributed by atoms with van der Waals surface area (Å²) in [6.07, 6.45) is 2.34. The molecule has 28 heavy (non-hydrogen) atoms. The average molecular weight is 433 g/mol. The molecule has 0 aromatic heterocycles. The fourth-order valence-electron chi connectivity index (χ4n) is 3.39. The van der Waals surface area contributed by atoms with Crippen molar-refractivity contribution in [2.75, 3.05) is 44.6 Å². The van der Waals surface area contributed by atoms with Crippen molar-refractivity contribution in [3.8, 4) is 0 Å². The van der Waals surface area contributed by atoms with Crippen molar-refractivity contribution in [1.82, 2.24) is 15.5 Å². The highest BCUT2D eigenvalue weighted by Gasteiger charge is 2.28. The minimum Gasteiger partial charge on any atom is -0.375 e. The summed E-state index contributed by atoms with van der Waals surface area (Å²) in [4.78, 5) is 26.9. The minimum atomic E-state index is -0.364. The third kappa shape index (κ3) is 6.90. The molecule has 0 aliphatic carbocycles. The van der Waals surface area contributed by atoms with Crippen molar-refractivity contribution in [2.24, 2.45) is 0 Å². The Labute approximate surface area is 178 Å². The summed E-state index contributed by atoms with van der Waals surface area (Å²) < 4.78 is 5.49. The fourth-order valence-corrected chi connectivity index (χ4v) is 3.39. The van der Waals surface area contributed by atoms with Crippen LogP contribution in [0.4, 0.5) is 5.69 Å². The van der Waals surface area contributed by atoms with E-state index in [1.807, 2.05) is 6.92 Å². The Morgan fingerprint density at radius 1 is 1.18 bits per heavy atom. The molecule has 2 aliphatic heterocycles. The van der Waals surface area contributed by atoms with Crippen molar-refractivity contribution >= 4 is 42.3 Å². The van der Waals surface area contributed by atoms with E-state index < -0.39 is 0 Å². The Hall–Kier alpha value is -1.38. The Morgan fingerprint density at radius 3 is 2.50 bits per heavy atom. The Balaban J connectivity index is 0.00000196. The van der Waals surface area contributed by atoms with Gasteiger partial charge >= 0.3 is 0 Å². The zero-order chi connectivity index (χ0) is 18.4. The van der Waals surface area contributed by atoms with Gasteiger partial charge in [-0.25, -0.2) is 0 Å². The number of hydrogen-bond acceptors (Lipinski definition) is 5. The van der Waals surface area contributed by atoms with E-state index in [4.69, 9.17) is 4.74 Å². The van der Waals surface area contributed by atoms with E-state index in [0.717, 1.165) is 19.6 Å². The van der Waals surface area contributed by atoms with Crippen LogP contribution in [0, 0.1) is 0 Å². The summed E-state index contributed by atoms with van der Waals surface area (Å²) in [5, 5.41) is 8.98. The van der Waals surface area contributed by atoms with E-state index in [-0.39, 0.29) is 48.8 Å². The van der Waals surface area contributed by atoms with Gasteiger partial charge in [0.25, 0.3) is 5.91 Å². The maximum Gasteiger partial charge on any atom is 0.251 e. The maximum absolute atomic E-state index is 12.3. The molecule has 1 aromatic carbocycles. The van der Waals surface area contributed by atoms with Crippen molar-refractivity contribution in [3.05, 3.63) is 29.8 Å². The molecule has 9 heteroatoms. The SMILES string of the molecule is C[C@H]1OCCN[C@@H]1C(=O)Nc1ccc(C(=O)NCCN2CCCC2)cc1.Cl.Cl. The first kappa shape index (κ1) is 24.7. The highest BCUT2D eigenvalue weighted by molar-refractivity contribution is 5.97. The van der Waals surface area contributed by atoms with E-state index in [0.29, 0.717) is 30.9 Å². The molecule has 158 valence electrons. The van der Waals surface area contributed by atoms with Crippen LogP contribution in [0.15, 0.2) is 24.3 Å². The standard InChI is InChI=1S/C19H28N4O3.2ClH/c1-14-17(20-9-13-26-14)19(25)22-16-6-4-15(5-7-16)18(24)21-8-12-23-10-2-3-11-23;;/h4-7,14,17,20H,2-3,8-13H2,1H3,(H,21,24)(H,22,25);2*1H/t14-,17+;;/m1../s1. The van der Waals surface area contributed by atoms with Gasteiger partial charge < -0.3 is 25.6 Å². The summed E-state index contributed by atoms with van der Waals surface area (Å²) in [6.45, 7) is 6.97. The third-order valence-electron chi connectivity index (χ3n) is 4.93. The lowest BCUT2D eigenvalue weighted by Gasteiger charge is -2.29. The van der Waals surface area contributed by atoms with Crippen LogP contribution in [0.25, 0.3) is 0 Å². The molecule has 0 bridgehead atoms. The molecule has 2 heterocycles. The normalized spacial score (nSPS) is 21.9. The monoisotopic (exact) mass is 432 g/mol. The lowest BCUT2D eigenvalue weighted by molar-refractivity contribution is -0.123. The second kappa shape index (κ2) is 12.2. The van der Waals surface area contributed by atoms with Crippen molar-refractivity contribution in [1.29, 1.82) is 0 Å². The molecule has 0 saturated carbocycles. The molecule has 2 amide bonds. The molecule has 0 spiro atoms. The topological polar surface area (TPSA) is 82.7 Å². The quantitative estimate of drug-likeness (QED) is 0.636. The van der Waals surface area contributed by atoms with Gasteiger partial charge in [0, 0.05) is 30.9 Å². The Kier molecular flexibility index (Phi) is 10.8. The van der Waals surface area contributed by atoms with Crippen LogP contribution in [0.2, 0.25) is 0 Å². The molecule has 2 aliphatic rings. The van der Waals surface area contributed by atoms with Gasteiger partial charge in [-0.2, -0.15) is 0 Å². The number of nitrogens with zero attached hydrogens (tertiary/aromatic N) is 1. The van der Waals surface area contributed by atoms with Crippen LogP contribution in [0.3, 0.4) is 0 Å². The van der Waals surface area contributed by atoms with Gasteiger partial charge in [0.1, 0.15) is 6.04 Å². The molecular formula is C19H30Cl2N4O3. The Bertz CT molecular complexity index is 624.